The van der Waals surface area contributed by atoms with Crippen molar-refractivity contribution in [2.75, 3.05) is 13.6 Å². The maximum absolute atomic E-state index is 14.2. The Balaban J connectivity index is 0.00000180. The van der Waals surface area contributed by atoms with Crippen molar-refractivity contribution in [3.05, 3.63) is 63.8 Å². The van der Waals surface area contributed by atoms with E-state index in [1.807, 2.05) is 0 Å². The first-order valence-electron chi connectivity index (χ1n) is 10.2. The Labute approximate surface area is 192 Å². The second-order valence-electron chi connectivity index (χ2n) is 7.91. The number of oxazole rings is 1. The number of hydrogen-bond donors (Lipinski definition) is 2. The van der Waals surface area contributed by atoms with Crippen LogP contribution in [0.1, 0.15) is 29.4 Å². The summed E-state index contributed by atoms with van der Waals surface area (Å²) in [6.45, 7) is 0.416. The van der Waals surface area contributed by atoms with Gasteiger partial charge in [0.15, 0.2) is 17.0 Å². The molecular formula is C21H22FN7O5. The van der Waals surface area contributed by atoms with Gasteiger partial charge in [-0.3, -0.25) is 19.0 Å². The molecule has 0 aliphatic carbocycles. The van der Waals surface area contributed by atoms with Gasteiger partial charge in [-0.05, 0) is 17.7 Å². The number of nitrogens with one attached hydrogen (secondary N) is 2. The molecule has 12 nitrogen and oxygen atoms in total. The van der Waals surface area contributed by atoms with Crippen LogP contribution in [0.25, 0.3) is 16.7 Å². The summed E-state index contributed by atoms with van der Waals surface area (Å²) in [7, 11) is 3.17. The monoisotopic (exact) mass is 471 g/mol. The molecule has 5 rings (SSSR count). The van der Waals surface area contributed by atoms with Crippen LogP contribution in [-0.2, 0) is 18.4 Å². The molecule has 3 aromatic heterocycles. The topological polar surface area (TPSA) is 144 Å². The molecule has 0 spiro atoms. The predicted octanol–water partition coefficient (Wildman–Crippen LogP) is 0.306. The van der Waals surface area contributed by atoms with Crippen molar-refractivity contribution in [3.8, 4) is 0 Å². The molecular weight excluding hydrogens is 449 g/mol. The van der Waals surface area contributed by atoms with Gasteiger partial charge < -0.3 is 20.0 Å². The quantitative estimate of drug-likeness (QED) is 0.399. The van der Waals surface area contributed by atoms with Crippen molar-refractivity contribution in [1.29, 1.82) is 0 Å². The zero-order valence-electron chi connectivity index (χ0n) is 18.0. The number of carbonyl (C=O) groups excluding carboxylic acids is 3. The molecule has 0 saturated carbocycles. The van der Waals surface area contributed by atoms with Gasteiger partial charge in [0.1, 0.15) is 17.4 Å². The minimum absolute atomic E-state index is 0. The number of β-lactam (4-membered cyclic amide) rings is 1. The lowest BCUT2D eigenvalue weighted by molar-refractivity contribution is -0.141. The summed E-state index contributed by atoms with van der Waals surface area (Å²) in [6.07, 6.45) is 0.882. The van der Waals surface area contributed by atoms with E-state index in [0.717, 1.165) is 10.7 Å². The van der Waals surface area contributed by atoms with E-state index >= 15 is 0 Å². The molecule has 1 aliphatic rings. The number of rotatable bonds is 5. The van der Waals surface area contributed by atoms with Crippen molar-refractivity contribution in [2.45, 2.75) is 12.6 Å². The normalized spacial score (nSPS) is 15.6. The van der Waals surface area contributed by atoms with E-state index in [4.69, 9.17) is 4.42 Å². The van der Waals surface area contributed by atoms with Gasteiger partial charge in [0.2, 0.25) is 5.91 Å². The summed E-state index contributed by atoms with van der Waals surface area (Å²) in [6, 6.07) is 5.47. The van der Waals surface area contributed by atoms with Crippen LogP contribution >= 0.6 is 0 Å². The second-order valence-corrected chi connectivity index (χ2v) is 7.91. The van der Waals surface area contributed by atoms with Gasteiger partial charge in [0.05, 0.1) is 11.7 Å². The summed E-state index contributed by atoms with van der Waals surface area (Å²) in [5.41, 5.74) is 1.01. The largest absolute Gasteiger partial charge is 0.419 e. The molecule has 178 valence electrons. The highest BCUT2D eigenvalue weighted by Crippen LogP contribution is 2.16. The molecule has 4 aromatic rings. The van der Waals surface area contributed by atoms with Crippen LogP contribution in [0.15, 0.2) is 39.7 Å². The fourth-order valence-corrected chi connectivity index (χ4v) is 3.70. The number of benzene rings is 1. The third-order valence-electron chi connectivity index (χ3n) is 5.64. The van der Waals surface area contributed by atoms with Crippen molar-refractivity contribution in [3.63, 3.8) is 0 Å². The average molecular weight is 471 g/mol. The van der Waals surface area contributed by atoms with Gasteiger partial charge in [-0.15, -0.1) is 0 Å². The van der Waals surface area contributed by atoms with Gasteiger partial charge in [-0.25, -0.2) is 18.7 Å². The molecule has 1 aliphatic heterocycles. The number of carbonyl (C=O) groups is 3. The molecule has 34 heavy (non-hydrogen) atoms. The summed E-state index contributed by atoms with van der Waals surface area (Å²) < 4.78 is 21.6. The van der Waals surface area contributed by atoms with Crippen molar-refractivity contribution >= 4 is 34.5 Å². The smallest absolute Gasteiger partial charge is 0.408 e. The standard InChI is InChI=1S/C21H18FN7O5.2H2/c1-27-9-13(20(27)32)26-19(31)15-6-12(25-17-11(22)8-24-29(15)17)18(30)23-7-10-3-4-16-14(5-10)28(2)21(33)34-16;;/h3-6,8,13H,7,9H2,1-2H3,(H,23,30)(H,26,31);2*1H/t13-;;/m0../s1. The number of fused-ring (bicyclic) bond motifs is 2. The SMILES string of the molecule is CN1C[C@H](NC(=O)c2cc(C(=O)NCc3ccc4oc(=O)n(C)c4c3)nc3c(F)cnn23)C1=O.[HH].[HH]. The highest BCUT2D eigenvalue weighted by molar-refractivity contribution is 6.01. The minimum atomic E-state index is -0.811. The van der Waals surface area contributed by atoms with Crippen LogP contribution in [0, 0.1) is 5.82 Å². The van der Waals surface area contributed by atoms with Crippen LogP contribution in [0.3, 0.4) is 0 Å². The lowest BCUT2D eigenvalue weighted by Gasteiger charge is -2.35. The Hall–Kier alpha value is -4.55. The van der Waals surface area contributed by atoms with E-state index in [9.17, 15) is 23.6 Å². The van der Waals surface area contributed by atoms with E-state index in [1.54, 1.807) is 32.3 Å². The number of halogens is 1. The van der Waals surface area contributed by atoms with E-state index in [0.29, 0.717) is 23.2 Å². The molecule has 13 heteroatoms. The molecule has 1 saturated heterocycles. The first-order valence-corrected chi connectivity index (χ1v) is 10.2. The number of nitrogens with zero attached hydrogens (tertiary/aromatic N) is 5. The number of likely N-dealkylation sites (N-methyl/N-ethyl adjacent to an activating group) is 1. The molecule has 4 heterocycles. The van der Waals surface area contributed by atoms with E-state index < -0.39 is 29.4 Å². The molecule has 2 N–H and O–H groups in total. The Morgan fingerprint density at radius 1 is 1.24 bits per heavy atom. The fourth-order valence-electron chi connectivity index (χ4n) is 3.70. The molecule has 1 atom stereocenters. The summed E-state index contributed by atoms with van der Waals surface area (Å²) in [5, 5.41) is 9.03. The number of likely N-dealkylation sites (tertiary alicyclic amines) is 1. The highest BCUT2D eigenvalue weighted by Gasteiger charge is 2.35. The Morgan fingerprint density at radius 3 is 2.76 bits per heavy atom. The van der Waals surface area contributed by atoms with Crippen LogP contribution in [0.5, 0.6) is 0 Å². The van der Waals surface area contributed by atoms with E-state index in [2.05, 4.69) is 20.7 Å². The van der Waals surface area contributed by atoms with Gasteiger partial charge in [0.25, 0.3) is 11.8 Å². The minimum Gasteiger partial charge on any atom is -0.408 e. The Kier molecular flexibility index (Phi) is 4.88. The predicted molar refractivity (Wildman–Crippen MR) is 119 cm³/mol. The van der Waals surface area contributed by atoms with E-state index in [1.165, 1.54) is 15.5 Å². The van der Waals surface area contributed by atoms with Crippen molar-refractivity contribution in [1.82, 2.24) is 34.7 Å². The van der Waals surface area contributed by atoms with Crippen LogP contribution in [-0.4, -0.2) is 61.4 Å². The van der Waals surface area contributed by atoms with Crippen LogP contribution in [0.2, 0.25) is 0 Å². The summed E-state index contributed by atoms with van der Waals surface area (Å²) in [5.74, 6) is -2.91. The first kappa shape index (κ1) is 21.3. The number of aryl methyl sites for hydroxylation is 1. The molecule has 0 radical (unpaired) electrons. The zero-order valence-corrected chi connectivity index (χ0v) is 18.0. The fraction of sp³-hybridized carbons (Fsp3) is 0.238. The average Bonchev–Trinajstić information content (AvgIpc) is 3.35. The van der Waals surface area contributed by atoms with Crippen LogP contribution < -0.4 is 16.4 Å². The van der Waals surface area contributed by atoms with E-state index in [-0.39, 0.29) is 32.3 Å². The molecule has 0 bridgehead atoms. The number of hydrogen-bond acceptors (Lipinski definition) is 7. The maximum atomic E-state index is 14.2. The summed E-state index contributed by atoms with van der Waals surface area (Å²) >= 11 is 0. The lowest BCUT2D eigenvalue weighted by Crippen LogP contribution is -2.62. The number of amides is 3. The first-order chi connectivity index (χ1) is 16.2. The van der Waals surface area contributed by atoms with Crippen molar-refractivity contribution in [2.24, 2.45) is 7.05 Å². The highest BCUT2D eigenvalue weighted by atomic mass is 19.1. The van der Waals surface area contributed by atoms with Gasteiger partial charge in [-0.2, -0.15) is 5.10 Å². The second kappa shape index (κ2) is 7.79. The third kappa shape index (κ3) is 3.46. The maximum Gasteiger partial charge on any atom is 0.419 e. The van der Waals surface area contributed by atoms with Crippen molar-refractivity contribution < 1.29 is 26.0 Å². The van der Waals surface area contributed by atoms with Crippen LogP contribution in [0.4, 0.5) is 4.39 Å². The van der Waals surface area contributed by atoms with Gasteiger partial charge in [0, 0.05) is 36.1 Å². The Bertz CT molecular complexity index is 1560. The lowest BCUT2D eigenvalue weighted by atomic mass is 10.1. The zero-order chi connectivity index (χ0) is 24.1. The third-order valence-corrected chi connectivity index (χ3v) is 5.64. The molecule has 1 aromatic carbocycles. The molecule has 3 amide bonds. The molecule has 0 unspecified atom stereocenters. The van der Waals surface area contributed by atoms with Gasteiger partial charge in [-0.1, -0.05) is 6.07 Å². The molecule has 1 fully saturated rings. The van der Waals surface area contributed by atoms with Gasteiger partial charge >= 0.3 is 5.76 Å². The number of aromatic nitrogens is 4. The summed E-state index contributed by atoms with van der Waals surface area (Å²) in [4.78, 5) is 54.5. The Morgan fingerprint density at radius 2 is 2.03 bits per heavy atom.